The lowest BCUT2D eigenvalue weighted by molar-refractivity contribution is -0.156. The maximum absolute atomic E-state index is 16.3. The van der Waals surface area contributed by atoms with E-state index in [0.717, 1.165) is 70.6 Å². The van der Waals surface area contributed by atoms with Crippen molar-refractivity contribution in [2.75, 3.05) is 0 Å². The van der Waals surface area contributed by atoms with Crippen molar-refractivity contribution < 1.29 is 57.2 Å². The van der Waals surface area contributed by atoms with E-state index in [2.05, 4.69) is 55.4 Å². The van der Waals surface area contributed by atoms with Crippen molar-refractivity contribution >= 4 is 78.7 Å². The fraction of sp³-hybridized carbons (Fsp3) is 0.405. The van der Waals surface area contributed by atoms with E-state index in [1.54, 1.807) is 24.3 Å². The summed E-state index contributed by atoms with van der Waals surface area (Å²) >= 11 is 0. The number of amides is 4. The molecule has 0 N–H and O–H groups in total. The number of ether oxygens (including phenoxy) is 6. The Bertz CT molecular complexity index is 4030. The maximum atomic E-state index is 16.3. The molecular weight excluding hydrogens is 1230 g/mol. The van der Waals surface area contributed by atoms with Gasteiger partial charge in [0.15, 0.2) is 0 Å². The third-order valence-electron chi connectivity index (χ3n) is 20.3. The number of rotatable bonds is 22. The van der Waals surface area contributed by atoms with Crippen LogP contribution in [0.5, 0.6) is 46.0 Å². The number of carbonyl (C=O) groups excluding carboxylic acids is 6. The van der Waals surface area contributed by atoms with Crippen LogP contribution in [0, 0.1) is 11.8 Å². The zero-order chi connectivity index (χ0) is 69.1. The SMILES string of the molecule is CC(C)CC(C(=O)OC1CCCCC1)N1C(=O)c2cc(Oc3ccc(C(C)C)cc3)c3c4c(Oc5ccc(C(C)C)cc5)cc5c6c(cc(Oc7ccc(C(C)C)cc7)c(c7c(Oc8ccc(C(C)C)cc8)cc(c2c37)C1=O)c64)C(=O)N(C(CC(C)C)C(=O)OC1CCCCC1)C5=O. The average molecular weight is 1320 g/mol. The molecule has 13 rings (SSSR count). The maximum Gasteiger partial charge on any atom is 0.329 e. The summed E-state index contributed by atoms with van der Waals surface area (Å²) in [6.45, 7) is 24.7. The predicted molar refractivity (Wildman–Crippen MR) is 383 cm³/mol. The molecule has 4 amide bonds. The number of hydrogen-bond acceptors (Lipinski definition) is 12. The normalized spacial score (nSPS) is 16.1. The number of esters is 2. The molecule has 98 heavy (non-hydrogen) atoms. The van der Waals surface area contributed by atoms with E-state index < -0.39 is 47.7 Å². The highest BCUT2D eigenvalue weighted by atomic mass is 16.6. The van der Waals surface area contributed by atoms with Crippen molar-refractivity contribution in [1.29, 1.82) is 0 Å². The summed E-state index contributed by atoms with van der Waals surface area (Å²) in [5, 5.41) is 2.61. The van der Waals surface area contributed by atoms with Crippen LogP contribution in [0.3, 0.4) is 0 Å². The number of nitrogens with zero attached hydrogens (tertiary/aromatic N) is 2. The molecule has 9 aromatic carbocycles. The molecule has 0 bridgehead atoms. The van der Waals surface area contributed by atoms with Gasteiger partial charge in [-0.05, 0) is 195 Å². The molecule has 2 aliphatic carbocycles. The van der Waals surface area contributed by atoms with Crippen LogP contribution in [0.1, 0.15) is 247 Å². The zero-order valence-corrected chi connectivity index (χ0v) is 58.6. The fourth-order valence-electron chi connectivity index (χ4n) is 15.0. The topological polar surface area (TPSA) is 164 Å². The summed E-state index contributed by atoms with van der Waals surface area (Å²) < 4.78 is 41.9. The molecular formula is C84H90N2O12. The van der Waals surface area contributed by atoms with Gasteiger partial charge < -0.3 is 28.4 Å². The van der Waals surface area contributed by atoms with Gasteiger partial charge in [-0.1, -0.05) is 144 Å². The first kappa shape index (κ1) is 67.3. The van der Waals surface area contributed by atoms with Crippen LogP contribution in [-0.2, 0) is 19.1 Å². The number of hydrogen-bond donors (Lipinski definition) is 0. The highest BCUT2D eigenvalue weighted by Crippen LogP contribution is 2.58. The second-order valence-electron chi connectivity index (χ2n) is 29.6. The van der Waals surface area contributed by atoms with Gasteiger partial charge in [0, 0.05) is 43.1 Å². The molecule has 0 spiro atoms. The molecule has 0 aromatic heterocycles. The van der Waals surface area contributed by atoms with Gasteiger partial charge in [-0.25, -0.2) is 9.59 Å². The Morgan fingerprint density at radius 1 is 0.337 bits per heavy atom. The van der Waals surface area contributed by atoms with Crippen molar-refractivity contribution in [1.82, 2.24) is 9.80 Å². The smallest absolute Gasteiger partial charge is 0.329 e. The van der Waals surface area contributed by atoms with Crippen molar-refractivity contribution in [2.45, 2.75) is 208 Å². The summed E-state index contributed by atoms with van der Waals surface area (Å²) in [5.74, 6) is -1.53. The van der Waals surface area contributed by atoms with E-state index in [-0.39, 0.29) is 117 Å². The van der Waals surface area contributed by atoms with Crippen LogP contribution in [0.25, 0.3) is 43.1 Å². The van der Waals surface area contributed by atoms with Gasteiger partial charge in [0.25, 0.3) is 23.6 Å². The van der Waals surface area contributed by atoms with Gasteiger partial charge in [-0.15, -0.1) is 0 Å². The predicted octanol–water partition coefficient (Wildman–Crippen LogP) is 21.2. The van der Waals surface area contributed by atoms with E-state index in [0.29, 0.717) is 81.0 Å². The lowest BCUT2D eigenvalue weighted by Gasteiger charge is -2.36. The molecule has 2 fully saturated rings. The Hall–Kier alpha value is -9.30. The first-order valence-corrected chi connectivity index (χ1v) is 35.7. The van der Waals surface area contributed by atoms with Crippen LogP contribution in [-0.4, -0.2) is 69.7 Å². The molecule has 2 atom stereocenters. The average Bonchev–Trinajstić information content (AvgIpc) is 0.672. The second-order valence-corrected chi connectivity index (χ2v) is 29.6. The fourth-order valence-corrected chi connectivity index (χ4v) is 15.0. The minimum absolute atomic E-state index is 0.0744. The first-order chi connectivity index (χ1) is 47.0. The summed E-state index contributed by atoms with van der Waals surface area (Å²) in [6, 6.07) is 34.9. The Balaban J connectivity index is 1.19. The monoisotopic (exact) mass is 1320 g/mol. The van der Waals surface area contributed by atoms with Gasteiger partial charge in [-0.3, -0.25) is 29.0 Å². The molecule has 2 heterocycles. The van der Waals surface area contributed by atoms with Gasteiger partial charge in [0.05, 0.1) is 22.3 Å². The second kappa shape index (κ2) is 27.5. The number of imide groups is 2. The van der Waals surface area contributed by atoms with E-state index in [1.807, 2.05) is 125 Å². The van der Waals surface area contributed by atoms with E-state index in [4.69, 9.17) is 28.4 Å². The standard InChI is InChI=1S/C84H90N2O12/c1-45(2)39-65(83(91)97-55-19-15-13-16-20-55)85-79(87)61-41-67(93-57-31-23-51(24-32-57)47(5)6)73-75-69(95-59-35-27-53(28-36-59)49(9)10)43-63-72-64(82(90)86(81(63)89)66(40-46(3)4)84(92)98-56-21-17-14-18-22-56)44-70(96-60-37-29-54(30-38-60)50(11)12)76(78(72)75)74-68(42-62(80(85)88)71(61)77(73)74)94-58-33-25-52(26-34-58)48(7)8/h23-38,41-50,55-56,65-66H,13-22,39-40H2,1-12H3. The summed E-state index contributed by atoms with van der Waals surface area (Å²) in [4.78, 5) is 97.4. The van der Waals surface area contributed by atoms with Gasteiger partial charge in [-0.2, -0.15) is 0 Å². The van der Waals surface area contributed by atoms with Crippen LogP contribution in [0.2, 0.25) is 0 Å². The summed E-state index contributed by atoms with van der Waals surface area (Å²) in [6.07, 6.45) is 7.91. The number of fused-ring (bicyclic) bond motifs is 2. The van der Waals surface area contributed by atoms with Crippen molar-refractivity contribution in [3.05, 3.63) is 166 Å². The Kier molecular flexibility index (Phi) is 18.9. The molecule has 2 saturated carbocycles. The van der Waals surface area contributed by atoms with Crippen LogP contribution in [0.15, 0.2) is 121 Å². The van der Waals surface area contributed by atoms with Crippen molar-refractivity contribution in [3.8, 4) is 46.0 Å². The lowest BCUT2D eigenvalue weighted by atomic mass is 9.80. The van der Waals surface area contributed by atoms with Crippen molar-refractivity contribution in [2.24, 2.45) is 11.8 Å². The lowest BCUT2D eigenvalue weighted by Crippen LogP contribution is -2.52. The molecule has 2 aliphatic heterocycles. The summed E-state index contributed by atoms with van der Waals surface area (Å²) in [5.41, 5.74) is 4.53. The Labute approximate surface area is 574 Å². The molecule has 2 unspecified atom stereocenters. The molecule has 14 heteroatoms. The van der Waals surface area contributed by atoms with E-state index in [9.17, 15) is 9.59 Å². The van der Waals surface area contributed by atoms with Crippen LogP contribution >= 0.6 is 0 Å². The Morgan fingerprint density at radius 3 is 0.786 bits per heavy atom. The number of benzene rings is 9. The van der Waals surface area contributed by atoms with E-state index >= 15 is 19.2 Å². The highest BCUT2D eigenvalue weighted by Gasteiger charge is 2.48. The minimum Gasteiger partial charge on any atom is -0.461 e. The molecule has 0 radical (unpaired) electrons. The molecule has 4 aliphatic rings. The Morgan fingerprint density at radius 2 is 0.571 bits per heavy atom. The van der Waals surface area contributed by atoms with Crippen molar-refractivity contribution in [3.63, 3.8) is 0 Å². The number of carbonyl (C=O) groups is 6. The van der Waals surface area contributed by atoms with Gasteiger partial charge in [0.1, 0.15) is 70.3 Å². The highest BCUT2D eigenvalue weighted by molar-refractivity contribution is 6.45. The molecule has 0 saturated heterocycles. The van der Waals surface area contributed by atoms with Gasteiger partial charge in [0.2, 0.25) is 0 Å². The third-order valence-corrected chi connectivity index (χ3v) is 20.3. The molecule has 9 aromatic rings. The van der Waals surface area contributed by atoms with Crippen LogP contribution in [0.4, 0.5) is 0 Å². The van der Waals surface area contributed by atoms with Gasteiger partial charge >= 0.3 is 11.9 Å². The zero-order valence-electron chi connectivity index (χ0n) is 58.6. The molecule has 508 valence electrons. The first-order valence-electron chi connectivity index (χ1n) is 35.7. The van der Waals surface area contributed by atoms with Crippen LogP contribution < -0.4 is 18.9 Å². The third kappa shape index (κ3) is 12.8. The molecule has 14 nitrogen and oxygen atoms in total. The largest absolute Gasteiger partial charge is 0.461 e. The summed E-state index contributed by atoms with van der Waals surface area (Å²) in [7, 11) is 0. The van der Waals surface area contributed by atoms with E-state index in [1.165, 1.54) is 0 Å². The minimum atomic E-state index is -1.31. The quantitative estimate of drug-likeness (QED) is 0.0273.